The Labute approximate surface area is 105 Å². The van der Waals surface area contributed by atoms with E-state index in [4.69, 9.17) is 10.5 Å². The van der Waals surface area contributed by atoms with E-state index in [1.807, 2.05) is 20.0 Å². The van der Waals surface area contributed by atoms with E-state index in [9.17, 15) is 4.39 Å². The minimum Gasteiger partial charge on any atom is -0.494 e. The molecule has 96 valence electrons. The van der Waals surface area contributed by atoms with Gasteiger partial charge in [-0.05, 0) is 24.6 Å². The third kappa shape index (κ3) is 1.97. The third-order valence-electron chi connectivity index (χ3n) is 2.97. The first-order chi connectivity index (χ1) is 8.58. The van der Waals surface area contributed by atoms with E-state index in [-0.39, 0.29) is 11.6 Å². The molecule has 1 aromatic carbocycles. The first-order valence-corrected chi connectivity index (χ1v) is 5.65. The number of halogens is 1. The number of nitrogens with two attached hydrogens (primary N) is 1. The summed E-state index contributed by atoms with van der Waals surface area (Å²) in [6.07, 6.45) is 0. The Morgan fingerprint density at radius 1 is 1.44 bits per heavy atom. The highest BCUT2D eigenvalue weighted by Gasteiger charge is 2.15. The van der Waals surface area contributed by atoms with Crippen LogP contribution in [-0.4, -0.2) is 16.9 Å². The van der Waals surface area contributed by atoms with E-state index < -0.39 is 0 Å². The van der Waals surface area contributed by atoms with Gasteiger partial charge in [-0.25, -0.2) is 4.39 Å². The molecule has 0 spiro atoms. The van der Waals surface area contributed by atoms with Gasteiger partial charge in [0.15, 0.2) is 11.6 Å². The van der Waals surface area contributed by atoms with Gasteiger partial charge in [0.2, 0.25) is 0 Å². The summed E-state index contributed by atoms with van der Waals surface area (Å²) in [7, 11) is 3.28. The Morgan fingerprint density at radius 3 is 2.72 bits per heavy atom. The molecule has 0 aliphatic carbocycles. The molecule has 2 rings (SSSR count). The van der Waals surface area contributed by atoms with E-state index in [0.717, 1.165) is 22.5 Å². The highest BCUT2D eigenvalue weighted by atomic mass is 19.1. The predicted molar refractivity (Wildman–Crippen MR) is 67.8 cm³/mol. The summed E-state index contributed by atoms with van der Waals surface area (Å²) >= 11 is 0. The maximum absolute atomic E-state index is 13.7. The second-order valence-corrected chi connectivity index (χ2v) is 4.08. The molecule has 1 aromatic heterocycles. The normalized spacial score (nSPS) is 10.7. The lowest BCUT2D eigenvalue weighted by molar-refractivity contribution is 0.386. The second kappa shape index (κ2) is 4.78. The maximum Gasteiger partial charge on any atom is 0.165 e. The number of ether oxygens (including phenoxy) is 1. The van der Waals surface area contributed by atoms with Crippen molar-refractivity contribution >= 4 is 0 Å². The molecule has 0 aliphatic heterocycles. The Kier molecular flexibility index (Phi) is 3.34. The molecule has 0 bridgehead atoms. The van der Waals surface area contributed by atoms with Crippen molar-refractivity contribution in [1.29, 1.82) is 0 Å². The van der Waals surface area contributed by atoms with Gasteiger partial charge in [-0.15, -0.1) is 0 Å². The lowest BCUT2D eigenvalue weighted by Gasteiger charge is -2.07. The first-order valence-electron chi connectivity index (χ1n) is 5.65. The molecule has 18 heavy (non-hydrogen) atoms. The molecule has 0 amide bonds. The van der Waals surface area contributed by atoms with Gasteiger partial charge in [-0.2, -0.15) is 5.10 Å². The average molecular weight is 249 g/mol. The number of rotatable bonds is 3. The fourth-order valence-electron chi connectivity index (χ4n) is 2.14. The summed E-state index contributed by atoms with van der Waals surface area (Å²) in [6, 6.07) is 4.87. The Hall–Kier alpha value is -1.88. The second-order valence-electron chi connectivity index (χ2n) is 4.08. The van der Waals surface area contributed by atoms with E-state index in [2.05, 4.69) is 5.10 Å². The van der Waals surface area contributed by atoms with E-state index >= 15 is 0 Å². The molecule has 0 fully saturated rings. The van der Waals surface area contributed by atoms with Crippen LogP contribution in [-0.2, 0) is 13.6 Å². The standard InChI is InChI=1S/C13H16FN3O/c1-8-13(11(7-15)17(2)16-8)9-4-5-12(18-3)10(14)6-9/h4-6H,7,15H2,1-3H3. The molecule has 4 nitrogen and oxygen atoms in total. The zero-order chi connectivity index (χ0) is 13.3. The largest absolute Gasteiger partial charge is 0.494 e. The van der Waals surface area contributed by atoms with Gasteiger partial charge in [0, 0.05) is 19.2 Å². The number of aromatic nitrogens is 2. The minimum atomic E-state index is -0.388. The number of benzene rings is 1. The highest BCUT2D eigenvalue weighted by molar-refractivity contribution is 5.69. The van der Waals surface area contributed by atoms with Crippen LogP contribution in [0.4, 0.5) is 4.39 Å². The Bertz CT molecular complexity index is 578. The molecular formula is C13H16FN3O. The van der Waals surface area contributed by atoms with E-state index in [1.54, 1.807) is 10.7 Å². The van der Waals surface area contributed by atoms with Crippen molar-refractivity contribution in [1.82, 2.24) is 9.78 Å². The smallest absolute Gasteiger partial charge is 0.165 e. The van der Waals surface area contributed by atoms with Crippen molar-refractivity contribution in [2.75, 3.05) is 7.11 Å². The summed E-state index contributed by atoms with van der Waals surface area (Å²) in [5, 5.41) is 4.31. The Balaban J connectivity index is 2.58. The number of aryl methyl sites for hydroxylation is 2. The maximum atomic E-state index is 13.7. The van der Waals surface area contributed by atoms with Crippen LogP contribution < -0.4 is 10.5 Å². The van der Waals surface area contributed by atoms with Crippen LogP contribution in [0.3, 0.4) is 0 Å². The summed E-state index contributed by atoms with van der Waals surface area (Å²) in [5.74, 6) is -0.157. The average Bonchev–Trinajstić information content (AvgIpc) is 2.63. The molecule has 0 unspecified atom stereocenters. The zero-order valence-corrected chi connectivity index (χ0v) is 10.7. The number of methoxy groups -OCH3 is 1. The van der Waals surface area contributed by atoms with Crippen LogP contribution in [0.15, 0.2) is 18.2 Å². The lowest BCUT2D eigenvalue weighted by Crippen LogP contribution is -2.05. The van der Waals surface area contributed by atoms with Crippen molar-refractivity contribution in [3.05, 3.63) is 35.4 Å². The van der Waals surface area contributed by atoms with Gasteiger partial charge in [-0.1, -0.05) is 6.07 Å². The fraction of sp³-hybridized carbons (Fsp3) is 0.308. The Morgan fingerprint density at radius 2 is 2.17 bits per heavy atom. The summed E-state index contributed by atoms with van der Waals surface area (Å²) in [5.41, 5.74) is 9.09. The topological polar surface area (TPSA) is 53.1 Å². The van der Waals surface area contributed by atoms with Crippen LogP contribution in [0.2, 0.25) is 0 Å². The molecule has 0 radical (unpaired) electrons. The summed E-state index contributed by atoms with van der Waals surface area (Å²) in [6.45, 7) is 2.25. The molecule has 2 aromatic rings. The number of hydrogen-bond donors (Lipinski definition) is 1. The highest BCUT2D eigenvalue weighted by Crippen LogP contribution is 2.30. The minimum absolute atomic E-state index is 0.231. The van der Waals surface area contributed by atoms with Gasteiger partial charge in [-0.3, -0.25) is 4.68 Å². The van der Waals surface area contributed by atoms with Crippen molar-refractivity contribution in [2.24, 2.45) is 12.8 Å². The zero-order valence-electron chi connectivity index (χ0n) is 10.7. The van der Waals surface area contributed by atoms with Crippen molar-refractivity contribution < 1.29 is 9.13 Å². The van der Waals surface area contributed by atoms with Crippen LogP contribution in [0.1, 0.15) is 11.4 Å². The van der Waals surface area contributed by atoms with Crippen LogP contribution in [0, 0.1) is 12.7 Å². The summed E-state index contributed by atoms with van der Waals surface area (Å²) < 4.78 is 20.4. The van der Waals surface area contributed by atoms with Gasteiger partial charge in [0.25, 0.3) is 0 Å². The number of hydrogen-bond acceptors (Lipinski definition) is 3. The number of nitrogens with zero attached hydrogens (tertiary/aromatic N) is 2. The van der Waals surface area contributed by atoms with Gasteiger partial charge in [0.05, 0.1) is 18.5 Å². The molecule has 5 heteroatoms. The molecule has 0 aliphatic rings. The van der Waals surface area contributed by atoms with Crippen LogP contribution in [0.5, 0.6) is 5.75 Å². The summed E-state index contributed by atoms with van der Waals surface area (Å²) in [4.78, 5) is 0. The van der Waals surface area contributed by atoms with Crippen molar-refractivity contribution in [3.8, 4) is 16.9 Å². The SMILES string of the molecule is COc1ccc(-c2c(C)nn(C)c2CN)cc1F. The third-order valence-corrected chi connectivity index (χ3v) is 2.97. The van der Waals surface area contributed by atoms with Gasteiger partial charge < -0.3 is 10.5 Å². The van der Waals surface area contributed by atoms with Crippen molar-refractivity contribution in [2.45, 2.75) is 13.5 Å². The first kappa shape index (κ1) is 12.6. The molecule has 0 saturated heterocycles. The monoisotopic (exact) mass is 249 g/mol. The van der Waals surface area contributed by atoms with Gasteiger partial charge in [0.1, 0.15) is 0 Å². The van der Waals surface area contributed by atoms with Crippen LogP contribution in [0.25, 0.3) is 11.1 Å². The van der Waals surface area contributed by atoms with E-state index in [1.165, 1.54) is 13.2 Å². The van der Waals surface area contributed by atoms with E-state index in [0.29, 0.717) is 6.54 Å². The van der Waals surface area contributed by atoms with Crippen LogP contribution >= 0.6 is 0 Å². The molecule has 0 saturated carbocycles. The molecular weight excluding hydrogens is 233 g/mol. The lowest BCUT2D eigenvalue weighted by atomic mass is 10.0. The quantitative estimate of drug-likeness (QED) is 0.905. The fourth-order valence-corrected chi connectivity index (χ4v) is 2.14. The molecule has 2 N–H and O–H groups in total. The van der Waals surface area contributed by atoms with Gasteiger partial charge >= 0.3 is 0 Å². The van der Waals surface area contributed by atoms with Crippen molar-refractivity contribution in [3.63, 3.8) is 0 Å². The molecule has 1 heterocycles. The molecule has 0 atom stereocenters. The predicted octanol–water partition coefficient (Wildman–Crippen LogP) is 2.00.